The molecule has 2 heterocycles. The zero-order valence-electron chi connectivity index (χ0n) is 8.32. The van der Waals surface area contributed by atoms with E-state index in [0.29, 0.717) is 24.1 Å². The smallest absolute Gasteiger partial charge is 0.129 e. The van der Waals surface area contributed by atoms with Crippen LogP contribution >= 0.6 is 11.6 Å². The first-order chi connectivity index (χ1) is 7.31. The van der Waals surface area contributed by atoms with E-state index < -0.39 is 0 Å². The van der Waals surface area contributed by atoms with Crippen molar-refractivity contribution in [2.75, 3.05) is 31.2 Å². The van der Waals surface area contributed by atoms with Crippen molar-refractivity contribution in [3.8, 4) is 0 Å². The Morgan fingerprint density at radius 1 is 1.40 bits per heavy atom. The molecule has 1 fully saturated rings. The number of aliphatic hydroxyl groups excluding tert-OH is 1. The van der Waals surface area contributed by atoms with Crippen LogP contribution < -0.4 is 4.90 Å². The van der Waals surface area contributed by atoms with Gasteiger partial charge in [0.05, 0.1) is 31.2 Å². The van der Waals surface area contributed by atoms with Gasteiger partial charge in [-0.1, -0.05) is 11.6 Å². The van der Waals surface area contributed by atoms with Crippen molar-refractivity contribution >= 4 is 17.3 Å². The summed E-state index contributed by atoms with van der Waals surface area (Å²) < 4.78 is 5.27. The second kappa shape index (κ2) is 4.79. The van der Waals surface area contributed by atoms with Gasteiger partial charge in [-0.25, -0.2) is 4.98 Å². The quantitative estimate of drug-likeness (QED) is 0.769. The number of ether oxygens (including phenoxy) is 1. The van der Waals surface area contributed by atoms with Crippen molar-refractivity contribution in [2.45, 2.75) is 6.61 Å². The van der Waals surface area contributed by atoms with Crippen molar-refractivity contribution in [3.63, 3.8) is 0 Å². The van der Waals surface area contributed by atoms with Crippen LogP contribution in [0.4, 0.5) is 5.69 Å². The van der Waals surface area contributed by atoms with Gasteiger partial charge in [0.15, 0.2) is 0 Å². The van der Waals surface area contributed by atoms with Crippen molar-refractivity contribution < 1.29 is 9.84 Å². The maximum Gasteiger partial charge on any atom is 0.129 e. The summed E-state index contributed by atoms with van der Waals surface area (Å²) in [5.74, 6) is 0. The summed E-state index contributed by atoms with van der Waals surface area (Å²) in [5, 5.41) is 9.61. The van der Waals surface area contributed by atoms with Gasteiger partial charge in [-0.05, 0) is 12.1 Å². The highest BCUT2D eigenvalue weighted by molar-refractivity contribution is 6.29. The molecule has 0 unspecified atom stereocenters. The first-order valence-corrected chi connectivity index (χ1v) is 5.28. The predicted molar refractivity (Wildman–Crippen MR) is 58.2 cm³/mol. The van der Waals surface area contributed by atoms with Gasteiger partial charge in [0.25, 0.3) is 0 Å². The zero-order valence-corrected chi connectivity index (χ0v) is 9.07. The Morgan fingerprint density at radius 2 is 2.13 bits per heavy atom. The lowest BCUT2D eigenvalue weighted by Crippen LogP contribution is -2.36. The highest BCUT2D eigenvalue weighted by Gasteiger charge is 2.15. The Balaban J connectivity index is 2.25. The number of aromatic nitrogens is 1. The van der Waals surface area contributed by atoms with E-state index in [9.17, 15) is 5.11 Å². The molecule has 4 nitrogen and oxygen atoms in total. The van der Waals surface area contributed by atoms with Gasteiger partial charge in [-0.15, -0.1) is 0 Å². The van der Waals surface area contributed by atoms with Crippen molar-refractivity contribution in [3.05, 3.63) is 23.0 Å². The Labute approximate surface area is 93.4 Å². The highest BCUT2D eigenvalue weighted by Crippen LogP contribution is 2.22. The molecule has 0 aliphatic carbocycles. The van der Waals surface area contributed by atoms with Gasteiger partial charge < -0.3 is 14.7 Å². The molecule has 0 aromatic carbocycles. The lowest BCUT2D eigenvalue weighted by molar-refractivity contribution is 0.122. The number of hydrogen-bond acceptors (Lipinski definition) is 4. The van der Waals surface area contributed by atoms with Crippen LogP contribution in [0.1, 0.15) is 5.69 Å². The summed E-state index contributed by atoms with van der Waals surface area (Å²) >= 11 is 5.77. The monoisotopic (exact) mass is 228 g/mol. The number of hydrogen-bond donors (Lipinski definition) is 1. The third-order valence-corrected chi connectivity index (χ3v) is 2.63. The Bertz CT molecular complexity index is 340. The molecular formula is C10H13ClN2O2. The van der Waals surface area contributed by atoms with E-state index >= 15 is 0 Å². The van der Waals surface area contributed by atoms with Crippen LogP contribution in [0, 0.1) is 0 Å². The zero-order chi connectivity index (χ0) is 10.7. The number of morpholine rings is 1. The average molecular weight is 229 g/mol. The third-order valence-electron chi connectivity index (χ3n) is 2.42. The normalized spacial score (nSPS) is 16.8. The highest BCUT2D eigenvalue weighted by atomic mass is 35.5. The summed E-state index contributed by atoms with van der Waals surface area (Å²) in [7, 11) is 0. The van der Waals surface area contributed by atoms with E-state index in [1.54, 1.807) is 6.07 Å². The topological polar surface area (TPSA) is 45.6 Å². The van der Waals surface area contributed by atoms with Gasteiger partial charge in [-0.2, -0.15) is 0 Å². The standard InChI is InChI=1S/C10H13ClN2O2/c11-10-2-1-9(8(7-14)12-10)13-3-5-15-6-4-13/h1-2,14H,3-7H2. The second-order valence-electron chi connectivity index (χ2n) is 3.36. The van der Waals surface area contributed by atoms with Gasteiger partial charge in [-0.3, -0.25) is 0 Å². The van der Waals surface area contributed by atoms with Gasteiger partial charge in [0.2, 0.25) is 0 Å². The molecule has 1 saturated heterocycles. The van der Waals surface area contributed by atoms with Crippen molar-refractivity contribution in [1.82, 2.24) is 4.98 Å². The van der Waals surface area contributed by atoms with E-state index in [1.165, 1.54) is 0 Å². The first-order valence-electron chi connectivity index (χ1n) is 4.90. The maximum absolute atomic E-state index is 9.19. The lowest BCUT2D eigenvalue weighted by Gasteiger charge is -2.29. The molecule has 0 amide bonds. The van der Waals surface area contributed by atoms with Crippen LogP contribution in [0.25, 0.3) is 0 Å². The summed E-state index contributed by atoms with van der Waals surface area (Å²) in [6.07, 6.45) is 0. The largest absolute Gasteiger partial charge is 0.390 e. The van der Waals surface area contributed by atoms with Crippen LogP contribution in [0.2, 0.25) is 5.15 Å². The minimum Gasteiger partial charge on any atom is -0.390 e. The molecule has 0 atom stereocenters. The van der Waals surface area contributed by atoms with E-state index in [0.717, 1.165) is 18.8 Å². The van der Waals surface area contributed by atoms with Crippen LogP contribution in [-0.4, -0.2) is 36.4 Å². The molecule has 0 spiro atoms. The van der Waals surface area contributed by atoms with Gasteiger partial charge in [0, 0.05) is 13.1 Å². The molecule has 5 heteroatoms. The number of halogens is 1. The van der Waals surface area contributed by atoms with Crippen LogP contribution in [-0.2, 0) is 11.3 Å². The molecular weight excluding hydrogens is 216 g/mol. The van der Waals surface area contributed by atoms with Crippen LogP contribution in [0.5, 0.6) is 0 Å². The number of anilines is 1. The number of nitrogens with zero attached hydrogens (tertiary/aromatic N) is 2. The average Bonchev–Trinajstić information content (AvgIpc) is 2.30. The summed E-state index contributed by atoms with van der Waals surface area (Å²) in [5.41, 5.74) is 1.58. The minimum absolute atomic E-state index is 0.0900. The fourth-order valence-electron chi connectivity index (χ4n) is 1.68. The van der Waals surface area contributed by atoms with Crippen molar-refractivity contribution in [1.29, 1.82) is 0 Å². The predicted octanol–water partition coefficient (Wildman–Crippen LogP) is 1.06. The lowest BCUT2D eigenvalue weighted by atomic mass is 10.2. The second-order valence-corrected chi connectivity index (χ2v) is 3.74. The number of rotatable bonds is 2. The summed E-state index contributed by atoms with van der Waals surface area (Å²) in [4.78, 5) is 6.25. The molecule has 1 aliphatic rings. The van der Waals surface area contributed by atoms with Crippen LogP contribution in [0.15, 0.2) is 12.1 Å². The van der Waals surface area contributed by atoms with E-state index in [-0.39, 0.29) is 6.61 Å². The van der Waals surface area contributed by atoms with E-state index in [4.69, 9.17) is 16.3 Å². The van der Waals surface area contributed by atoms with Gasteiger partial charge in [0.1, 0.15) is 5.15 Å². The summed E-state index contributed by atoms with van der Waals surface area (Å²) in [6, 6.07) is 3.64. The molecule has 2 rings (SSSR count). The molecule has 1 aromatic heterocycles. The summed E-state index contributed by atoms with van der Waals surface area (Å²) in [6.45, 7) is 3.00. The van der Waals surface area contributed by atoms with E-state index in [1.807, 2.05) is 6.07 Å². The fraction of sp³-hybridized carbons (Fsp3) is 0.500. The van der Waals surface area contributed by atoms with Crippen LogP contribution in [0.3, 0.4) is 0 Å². The van der Waals surface area contributed by atoms with Gasteiger partial charge >= 0.3 is 0 Å². The molecule has 82 valence electrons. The number of pyridine rings is 1. The fourth-order valence-corrected chi connectivity index (χ4v) is 1.84. The molecule has 1 N–H and O–H groups in total. The molecule has 0 bridgehead atoms. The Hall–Kier alpha value is -0.840. The first kappa shape index (κ1) is 10.7. The Kier molecular flexibility index (Phi) is 3.41. The van der Waals surface area contributed by atoms with Crippen molar-refractivity contribution in [2.24, 2.45) is 0 Å². The minimum atomic E-state index is -0.0900. The Morgan fingerprint density at radius 3 is 2.80 bits per heavy atom. The molecule has 1 aliphatic heterocycles. The molecule has 1 aromatic rings. The maximum atomic E-state index is 9.19. The SMILES string of the molecule is OCc1nc(Cl)ccc1N1CCOCC1. The molecule has 15 heavy (non-hydrogen) atoms. The van der Waals surface area contributed by atoms with E-state index in [2.05, 4.69) is 9.88 Å². The molecule has 0 radical (unpaired) electrons. The number of aliphatic hydroxyl groups is 1. The molecule has 0 saturated carbocycles. The third kappa shape index (κ3) is 2.40.